The van der Waals surface area contributed by atoms with Crippen molar-refractivity contribution in [1.29, 1.82) is 0 Å². The maximum absolute atomic E-state index is 12.1. The molecule has 3 radical (unpaired) electrons. The second-order valence-corrected chi connectivity index (χ2v) is 20.8. The Labute approximate surface area is 702 Å². The van der Waals surface area contributed by atoms with Crippen molar-refractivity contribution in [2.75, 3.05) is 14.3 Å². The number of nitro benzene ring substituents is 4. The van der Waals surface area contributed by atoms with Crippen LogP contribution in [0.3, 0.4) is 0 Å². The number of aldehydes is 3. The minimum absolute atomic E-state index is 0. The average Bonchev–Trinajstić information content (AvgIpc) is 1.61. The zero-order chi connectivity index (χ0) is 71.0. The number of rotatable bonds is 15. The molecule has 0 spiro atoms. The quantitative estimate of drug-likeness (QED) is 0.0436. The van der Waals surface area contributed by atoms with E-state index in [1.807, 2.05) is 27.7 Å². The van der Waals surface area contributed by atoms with Crippen molar-refractivity contribution in [2.45, 2.75) is 45.5 Å². The van der Waals surface area contributed by atoms with Crippen molar-refractivity contribution in [1.82, 2.24) is 0 Å². The van der Waals surface area contributed by atoms with Gasteiger partial charge in [-0.15, -0.1) is 12.4 Å². The number of phenols is 1. The maximum atomic E-state index is 12.1. The summed E-state index contributed by atoms with van der Waals surface area (Å²) in [6.07, 6.45) is 2.12. The van der Waals surface area contributed by atoms with E-state index in [2.05, 4.69) is 36.7 Å². The SMILES string of the molecule is CC1(C)OB(c2ccc(Oc3ccc([N+](=O)[O-])cc3)cc2C=O)OC1(C)C.CO.Cl.O=CO[O-].O=Cc1cc(O)ccc1Br.O=Cc1cc(Oc2ccc([N+](=O)[O-])cc2)ccc1Br.O=[N+]([O-])c1ccc(F)cc1.O=[N+]([O-])c1ccc(Oc2ccc3c(c2)COB3O)cc1.[2H]CF.[B].[H-].[H-].[K+].[K+].[Na+]. The molecule has 0 atom stereocenters. The molecule has 8 aromatic carbocycles. The van der Waals surface area contributed by atoms with Gasteiger partial charge in [-0.05, 0) is 153 Å². The summed E-state index contributed by atoms with van der Waals surface area (Å²) in [6.45, 7) is 7.94. The average molecular weight is 1580 g/mol. The number of nitro groups is 4. The van der Waals surface area contributed by atoms with Gasteiger partial charge >= 0.3 is 147 Å². The van der Waals surface area contributed by atoms with Crippen molar-refractivity contribution in [3.05, 3.63) is 247 Å². The van der Waals surface area contributed by atoms with Gasteiger partial charge in [-0.3, -0.25) is 64.0 Å². The third-order valence-corrected chi connectivity index (χ3v) is 14.0. The van der Waals surface area contributed by atoms with Gasteiger partial charge in [-0.1, -0.05) is 44.0 Å². The molecule has 0 aliphatic carbocycles. The molecular formula is C61H58B3Br2ClF2K2N4NaO23. The van der Waals surface area contributed by atoms with E-state index in [0.717, 1.165) is 48.7 Å². The van der Waals surface area contributed by atoms with Crippen LogP contribution in [0.15, 0.2) is 179 Å². The van der Waals surface area contributed by atoms with E-state index in [0.29, 0.717) is 84.8 Å². The summed E-state index contributed by atoms with van der Waals surface area (Å²) in [5.74, 6) is 2.55. The minimum Gasteiger partial charge on any atom is -1.00 e. The number of carbonyl (C=O) groups is 4. The predicted molar refractivity (Wildman–Crippen MR) is 357 cm³/mol. The number of alkyl halides is 1. The van der Waals surface area contributed by atoms with Crippen molar-refractivity contribution >= 4 is 126 Å². The van der Waals surface area contributed by atoms with Gasteiger partial charge in [-0.25, -0.2) is 4.39 Å². The Bertz CT molecular complexity index is 3900. The molecule has 1 fully saturated rings. The van der Waals surface area contributed by atoms with Gasteiger partial charge in [0.05, 0.1) is 46.0 Å². The fraction of sp³-hybridized carbons (Fsp3) is 0.148. The number of carbonyl (C=O) groups excluding carboxylic acids is 4. The van der Waals surface area contributed by atoms with E-state index < -0.39 is 58.1 Å². The summed E-state index contributed by atoms with van der Waals surface area (Å²) in [5, 5.41) is 75.6. The van der Waals surface area contributed by atoms with Crippen LogP contribution in [-0.2, 0) is 30.3 Å². The summed E-state index contributed by atoms with van der Waals surface area (Å²) < 4.78 is 62.9. The maximum Gasteiger partial charge on any atom is 1.00 e. The number of nitrogens with zero attached hydrogens (tertiary/aromatic N) is 4. The second kappa shape index (κ2) is 49.9. The van der Waals surface area contributed by atoms with Gasteiger partial charge in [0.25, 0.3) is 29.2 Å². The van der Waals surface area contributed by atoms with Crippen LogP contribution >= 0.6 is 44.3 Å². The smallest absolute Gasteiger partial charge is 1.00 e. The molecule has 99 heavy (non-hydrogen) atoms. The first kappa shape index (κ1) is 95.4. The molecule has 2 aliphatic heterocycles. The molecule has 10 rings (SSSR count). The minimum atomic E-state index is -1.00. The molecular weight excluding hydrogens is 1520 g/mol. The Balaban J connectivity index is -0.000000380. The fourth-order valence-electron chi connectivity index (χ4n) is 7.35. The predicted octanol–water partition coefficient (Wildman–Crippen LogP) is 2.67. The van der Waals surface area contributed by atoms with Crippen molar-refractivity contribution in [3.63, 3.8) is 0 Å². The molecule has 507 valence electrons. The standard InChI is InChI=1S/C19H20BNO6.C13H10BNO5.C13H8BrNO4.C7H5BrO2.C6H4FNO2.CH3F.CH2O3.CH4O.B.ClH.2K.Na.2H/c1-18(2)19(3,4)27-20(26-18)17-10-9-16(11-13(17)12-22)25-15-7-5-14(6-8-15)21(23)24;16-14-13-6-5-12(7-9(13)8-19-14)20-11-3-1-10(2-4-11)15(17)18;14-13-6-5-12(7-9(13)8-16)19-11-3-1-10(2-4-11)15(17)18;8-7-2-1-6(10)3-5(7)4-9;7-5-1-3-6(4-2-5)8(9)10;1-2;2-1-4-3;1-2;;;;;;;/h5-12H,1-4H3;1-7,16H,8H2;1-8H;1-4,10H;1-4H;1H3;1,3H;2H,1H3;;1H;;;;;/q;;;;;;;;;;3*+1;2*-1/p-1/i;;;;;1D;;;;;;;;;. The number of ether oxygens (including phenoxy) is 3. The largest absolute Gasteiger partial charge is 1.00 e. The number of aliphatic hydroxyl groups excluding tert-OH is 1. The number of fused-ring (bicyclic) bond motifs is 1. The summed E-state index contributed by atoms with van der Waals surface area (Å²) in [4.78, 5) is 83.7. The Morgan fingerprint density at radius 1 is 0.556 bits per heavy atom. The van der Waals surface area contributed by atoms with Gasteiger partial charge in [0.15, 0.2) is 12.6 Å². The summed E-state index contributed by atoms with van der Waals surface area (Å²) >= 11 is 6.39. The van der Waals surface area contributed by atoms with Crippen LogP contribution in [0.5, 0.6) is 40.2 Å². The molecule has 0 bridgehead atoms. The van der Waals surface area contributed by atoms with Gasteiger partial charge in [-0.2, -0.15) is 0 Å². The van der Waals surface area contributed by atoms with E-state index >= 15 is 0 Å². The van der Waals surface area contributed by atoms with E-state index in [4.69, 9.17) is 49.8 Å². The van der Waals surface area contributed by atoms with Crippen molar-refractivity contribution in [3.8, 4) is 40.2 Å². The van der Waals surface area contributed by atoms with E-state index in [-0.39, 0.29) is 191 Å². The number of aromatic hydroxyl groups is 1. The number of halogens is 5. The molecule has 8 aromatic rings. The Kier molecular flexibility index (Phi) is 48.1. The van der Waals surface area contributed by atoms with Gasteiger partial charge in [0.1, 0.15) is 52.3 Å². The van der Waals surface area contributed by atoms with Crippen molar-refractivity contribution < 1.29 is 238 Å². The molecule has 27 nitrogen and oxygen atoms in total. The molecule has 0 aromatic heterocycles. The molecule has 0 saturated carbocycles. The normalized spacial score (nSPS) is 11.7. The third kappa shape index (κ3) is 32.1. The topological polar surface area (TPSA) is 389 Å². The molecule has 3 N–H and O–H groups in total. The number of aliphatic hydroxyl groups is 1. The summed E-state index contributed by atoms with van der Waals surface area (Å²) in [5.41, 5.74) is 2.44. The van der Waals surface area contributed by atoms with E-state index in [1.165, 1.54) is 84.9 Å². The fourth-order valence-corrected chi connectivity index (χ4v) is 8.03. The number of non-ortho nitro benzene ring substituents is 4. The molecule has 1 saturated heterocycles. The number of benzene rings is 8. The number of hydrogen-bond acceptors (Lipinski definition) is 23. The van der Waals surface area contributed by atoms with Crippen molar-refractivity contribution in [2.24, 2.45) is 0 Å². The zero-order valence-corrected chi connectivity index (χ0v) is 66.1. The summed E-state index contributed by atoms with van der Waals surface area (Å²) in [7, 11) is -1.53. The number of phenolic OH excluding ortho intramolecular Hbond substituents is 1. The van der Waals surface area contributed by atoms with Gasteiger partial charge in [0, 0.05) is 89.7 Å². The Morgan fingerprint density at radius 2 is 0.859 bits per heavy atom. The first-order chi connectivity index (χ1) is 45.1. The third-order valence-electron chi connectivity index (χ3n) is 12.6. The Morgan fingerprint density at radius 3 is 1.20 bits per heavy atom. The first-order valence-corrected chi connectivity index (χ1v) is 28.0. The Hall–Kier alpha value is -5.62. The molecule has 0 unspecified atom stereocenters. The van der Waals surface area contributed by atoms with Crippen LogP contribution in [0.1, 0.15) is 68.6 Å². The van der Waals surface area contributed by atoms with Crippen LogP contribution in [0.4, 0.5) is 31.5 Å². The van der Waals surface area contributed by atoms with Gasteiger partial charge < -0.3 is 56.4 Å². The van der Waals surface area contributed by atoms with Crippen LogP contribution in [0.2, 0.25) is 0 Å². The van der Waals surface area contributed by atoms with Crippen LogP contribution < -0.4 is 163 Å². The first-order valence-electron chi connectivity index (χ1n) is 27.1. The van der Waals surface area contributed by atoms with Crippen LogP contribution in [0.25, 0.3) is 0 Å². The number of hydrogen-bond donors (Lipinski definition) is 3. The molecule has 2 aliphatic rings. The summed E-state index contributed by atoms with van der Waals surface area (Å²) in [6, 6.07) is 41.4. The molecule has 38 heteroatoms. The van der Waals surface area contributed by atoms with E-state index in [9.17, 15) is 68.6 Å². The van der Waals surface area contributed by atoms with Crippen LogP contribution in [0, 0.1) is 46.3 Å². The van der Waals surface area contributed by atoms with Crippen LogP contribution in [-0.4, -0.2) is 108 Å². The molecule has 0 amide bonds. The molecule has 2 heterocycles. The second-order valence-electron chi connectivity index (χ2n) is 19.1. The van der Waals surface area contributed by atoms with Gasteiger partial charge in [0.2, 0.25) is 0 Å². The zero-order valence-electron chi connectivity index (χ0n) is 56.8. The van der Waals surface area contributed by atoms with E-state index in [1.54, 1.807) is 60.7 Å². The monoisotopic (exact) mass is 1580 g/mol.